The molecular weight excluding hydrogens is 454 g/mol. The summed E-state index contributed by atoms with van der Waals surface area (Å²) in [7, 11) is 0. The van der Waals surface area contributed by atoms with E-state index < -0.39 is 12.5 Å². The van der Waals surface area contributed by atoms with Crippen LogP contribution in [0.3, 0.4) is 0 Å². The Morgan fingerprint density at radius 2 is 1.85 bits per heavy atom. The third kappa shape index (κ3) is 4.34. The molecule has 0 unspecified atom stereocenters. The number of aromatic amines is 1. The van der Waals surface area contributed by atoms with Crippen LogP contribution in [0, 0.1) is 5.82 Å². The number of aromatic nitrogens is 2. The van der Waals surface area contributed by atoms with Gasteiger partial charge in [0.25, 0.3) is 5.91 Å². The predicted octanol–water partition coefficient (Wildman–Crippen LogP) is 4.47. The molecule has 1 aliphatic carbocycles. The van der Waals surface area contributed by atoms with Gasteiger partial charge in [0.1, 0.15) is 17.2 Å². The van der Waals surface area contributed by atoms with Crippen molar-refractivity contribution in [2.45, 2.75) is 50.5 Å². The van der Waals surface area contributed by atoms with E-state index in [1.807, 2.05) is 0 Å². The molecule has 0 saturated carbocycles. The number of nitrogens with one attached hydrogen (secondary N) is 1. The molecule has 2 N–H and O–H groups in total. The highest BCUT2D eigenvalue weighted by Gasteiger charge is 2.32. The summed E-state index contributed by atoms with van der Waals surface area (Å²) in [5.41, 5.74) is 3.38. The molecule has 1 saturated heterocycles. The number of benzene rings is 1. The SMILES string of the molecule is O=C(c1ccc(OC(F)(F)F)cc1)N1CCC(c2c(F)cnc3[nH]c4c(c23)C[C@@H](O)CC4)CC1. The third-order valence-electron chi connectivity index (χ3n) is 6.70. The molecule has 3 heterocycles. The minimum atomic E-state index is -4.79. The van der Waals surface area contributed by atoms with Gasteiger partial charge in [-0.05, 0) is 61.4 Å². The second kappa shape index (κ2) is 8.57. The van der Waals surface area contributed by atoms with Gasteiger partial charge in [0.2, 0.25) is 0 Å². The van der Waals surface area contributed by atoms with Crippen LogP contribution in [0.5, 0.6) is 5.75 Å². The largest absolute Gasteiger partial charge is 0.573 e. The van der Waals surface area contributed by atoms with E-state index in [0.29, 0.717) is 56.4 Å². The number of aliphatic hydroxyl groups excluding tert-OH is 1. The number of aliphatic hydroxyl groups is 1. The summed E-state index contributed by atoms with van der Waals surface area (Å²) in [6, 6.07) is 4.83. The number of ether oxygens (including phenoxy) is 1. The number of hydrogen-bond donors (Lipinski definition) is 2. The van der Waals surface area contributed by atoms with E-state index in [1.165, 1.54) is 18.3 Å². The molecule has 0 spiro atoms. The number of H-pyrrole nitrogens is 1. The maximum Gasteiger partial charge on any atom is 0.573 e. The van der Waals surface area contributed by atoms with Crippen molar-refractivity contribution >= 4 is 16.9 Å². The zero-order valence-electron chi connectivity index (χ0n) is 18.2. The van der Waals surface area contributed by atoms with E-state index in [9.17, 15) is 23.1 Å². The molecule has 1 aliphatic heterocycles. The molecule has 5 rings (SSSR count). The Morgan fingerprint density at radius 1 is 1.15 bits per heavy atom. The van der Waals surface area contributed by atoms with Crippen LogP contribution in [0.25, 0.3) is 11.0 Å². The maximum absolute atomic E-state index is 15.0. The highest BCUT2D eigenvalue weighted by molar-refractivity contribution is 5.94. The van der Waals surface area contributed by atoms with Crippen LogP contribution in [-0.2, 0) is 12.8 Å². The molecular formula is C24H23F4N3O3. The van der Waals surface area contributed by atoms with Crippen molar-refractivity contribution in [3.05, 3.63) is 58.7 Å². The van der Waals surface area contributed by atoms with Gasteiger partial charge in [0.05, 0.1) is 12.3 Å². The van der Waals surface area contributed by atoms with Gasteiger partial charge in [0, 0.05) is 41.7 Å². The van der Waals surface area contributed by atoms with Gasteiger partial charge in [-0.3, -0.25) is 4.79 Å². The van der Waals surface area contributed by atoms with E-state index in [1.54, 1.807) is 4.90 Å². The Hall–Kier alpha value is -3.14. The number of carbonyl (C=O) groups excluding carboxylic acids is 1. The highest BCUT2D eigenvalue weighted by Crippen LogP contribution is 2.39. The molecule has 0 bridgehead atoms. The molecule has 6 nitrogen and oxygen atoms in total. The van der Waals surface area contributed by atoms with Crippen LogP contribution in [-0.4, -0.2) is 51.4 Å². The quantitative estimate of drug-likeness (QED) is 0.546. The summed E-state index contributed by atoms with van der Waals surface area (Å²) in [6.45, 7) is 0.783. The first-order chi connectivity index (χ1) is 16.2. The van der Waals surface area contributed by atoms with Crippen molar-refractivity contribution < 1.29 is 32.2 Å². The van der Waals surface area contributed by atoms with Crippen molar-refractivity contribution in [3.8, 4) is 5.75 Å². The Morgan fingerprint density at radius 3 is 2.53 bits per heavy atom. The summed E-state index contributed by atoms with van der Waals surface area (Å²) >= 11 is 0. The number of carbonyl (C=O) groups is 1. The standard InChI is InChI=1S/C24H23F4N3O3/c25-18-12-29-22-21(17-11-15(32)3-6-19(17)30-22)20(18)13-7-9-31(10-8-13)23(33)14-1-4-16(5-2-14)34-24(26,27)28/h1-2,4-5,12-13,15,32H,3,6-11H2,(H,29,30)/t15-/m0/s1. The van der Waals surface area contributed by atoms with Gasteiger partial charge >= 0.3 is 6.36 Å². The summed E-state index contributed by atoms with van der Waals surface area (Å²) in [6.07, 6.45) is -1.15. The lowest BCUT2D eigenvalue weighted by Gasteiger charge is -2.33. The average molecular weight is 477 g/mol. The van der Waals surface area contributed by atoms with E-state index in [-0.39, 0.29) is 29.0 Å². The fraction of sp³-hybridized carbons (Fsp3) is 0.417. The molecule has 180 valence electrons. The lowest BCUT2D eigenvalue weighted by Crippen LogP contribution is -2.38. The van der Waals surface area contributed by atoms with Crippen LogP contribution < -0.4 is 4.74 Å². The average Bonchev–Trinajstić information content (AvgIpc) is 3.16. The Labute approximate surface area is 192 Å². The topological polar surface area (TPSA) is 78.5 Å². The summed E-state index contributed by atoms with van der Waals surface area (Å²) in [5.74, 6) is -1.19. The fourth-order valence-electron chi connectivity index (χ4n) is 5.11. The number of fused-ring (bicyclic) bond motifs is 3. The van der Waals surface area contributed by atoms with Crippen LogP contribution in [0.2, 0.25) is 0 Å². The van der Waals surface area contributed by atoms with Crippen LogP contribution in [0.4, 0.5) is 17.6 Å². The third-order valence-corrected chi connectivity index (χ3v) is 6.70. The summed E-state index contributed by atoms with van der Waals surface area (Å²) in [4.78, 5) is 22.0. The molecule has 2 aromatic heterocycles. The summed E-state index contributed by atoms with van der Waals surface area (Å²) < 4.78 is 55.9. The van der Waals surface area contributed by atoms with Crippen LogP contribution in [0.15, 0.2) is 30.5 Å². The number of nitrogens with zero attached hydrogens (tertiary/aromatic N) is 2. The number of amides is 1. The smallest absolute Gasteiger partial charge is 0.406 e. The zero-order chi connectivity index (χ0) is 24.0. The first-order valence-corrected chi connectivity index (χ1v) is 11.2. The molecule has 3 aromatic rings. The van der Waals surface area contributed by atoms with Crippen molar-refractivity contribution in [2.24, 2.45) is 0 Å². The normalized spacial score (nSPS) is 19.3. The van der Waals surface area contributed by atoms with Crippen molar-refractivity contribution in [2.75, 3.05) is 13.1 Å². The van der Waals surface area contributed by atoms with Gasteiger partial charge in [-0.25, -0.2) is 9.37 Å². The van der Waals surface area contributed by atoms with Gasteiger partial charge in [-0.15, -0.1) is 13.2 Å². The number of halogens is 4. The number of pyridine rings is 1. The number of hydrogen-bond acceptors (Lipinski definition) is 4. The zero-order valence-corrected chi connectivity index (χ0v) is 18.2. The monoisotopic (exact) mass is 477 g/mol. The molecule has 1 atom stereocenters. The molecule has 2 aliphatic rings. The second-order valence-corrected chi connectivity index (χ2v) is 8.86. The number of piperidine rings is 1. The number of aryl methyl sites for hydroxylation is 1. The van der Waals surface area contributed by atoms with Crippen molar-refractivity contribution in [1.29, 1.82) is 0 Å². The van der Waals surface area contributed by atoms with Crippen molar-refractivity contribution in [3.63, 3.8) is 0 Å². The Balaban J connectivity index is 1.32. The lowest BCUT2D eigenvalue weighted by molar-refractivity contribution is -0.274. The van der Waals surface area contributed by atoms with E-state index in [0.717, 1.165) is 28.8 Å². The van der Waals surface area contributed by atoms with E-state index in [2.05, 4.69) is 14.7 Å². The second-order valence-electron chi connectivity index (χ2n) is 8.86. The lowest BCUT2D eigenvalue weighted by atomic mass is 9.84. The van der Waals surface area contributed by atoms with Gasteiger partial charge < -0.3 is 19.7 Å². The molecule has 0 radical (unpaired) electrons. The fourth-order valence-corrected chi connectivity index (χ4v) is 5.11. The minimum Gasteiger partial charge on any atom is -0.406 e. The number of likely N-dealkylation sites (tertiary alicyclic amines) is 1. The van der Waals surface area contributed by atoms with E-state index in [4.69, 9.17) is 0 Å². The molecule has 1 aromatic carbocycles. The van der Waals surface area contributed by atoms with Gasteiger partial charge in [-0.1, -0.05) is 0 Å². The Kier molecular flexibility index (Phi) is 5.71. The first-order valence-electron chi connectivity index (χ1n) is 11.2. The van der Waals surface area contributed by atoms with E-state index >= 15 is 4.39 Å². The van der Waals surface area contributed by atoms with Crippen LogP contribution >= 0.6 is 0 Å². The minimum absolute atomic E-state index is 0.115. The predicted molar refractivity (Wildman–Crippen MR) is 115 cm³/mol. The van der Waals surface area contributed by atoms with Crippen LogP contribution in [0.1, 0.15) is 52.4 Å². The Bertz CT molecular complexity index is 1210. The number of rotatable bonds is 3. The highest BCUT2D eigenvalue weighted by atomic mass is 19.4. The van der Waals surface area contributed by atoms with Gasteiger partial charge in [-0.2, -0.15) is 0 Å². The van der Waals surface area contributed by atoms with Gasteiger partial charge in [0.15, 0.2) is 0 Å². The maximum atomic E-state index is 15.0. The first kappa shape index (κ1) is 22.6. The molecule has 10 heteroatoms. The summed E-state index contributed by atoms with van der Waals surface area (Å²) in [5, 5.41) is 10.9. The molecule has 1 amide bonds. The molecule has 1 fully saturated rings. The van der Waals surface area contributed by atoms with Crippen molar-refractivity contribution in [1.82, 2.24) is 14.9 Å². The number of alkyl halides is 3. The molecule has 34 heavy (non-hydrogen) atoms.